The van der Waals surface area contributed by atoms with Crippen molar-refractivity contribution >= 4 is 29.0 Å². The van der Waals surface area contributed by atoms with Crippen molar-refractivity contribution in [1.29, 1.82) is 0 Å². The predicted octanol–water partition coefficient (Wildman–Crippen LogP) is 2.68. The Kier molecular flexibility index (Phi) is 3.10. The highest BCUT2D eigenvalue weighted by Crippen LogP contribution is 2.40. The molecule has 2 aromatic rings. The third-order valence-electron chi connectivity index (χ3n) is 3.76. The van der Waals surface area contributed by atoms with Crippen LogP contribution in [0.25, 0.3) is 0 Å². The smallest absolute Gasteiger partial charge is 0.242 e. The summed E-state index contributed by atoms with van der Waals surface area (Å²) in [4.78, 5) is 30.8. The first-order valence-corrected chi connectivity index (χ1v) is 6.91. The molecule has 0 bridgehead atoms. The summed E-state index contributed by atoms with van der Waals surface area (Å²) < 4.78 is 1.64. The van der Waals surface area contributed by atoms with Gasteiger partial charge in [0.1, 0.15) is 5.41 Å². The molecule has 1 atom stereocenters. The van der Waals surface area contributed by atoms with Crippen LogP contribution in [0.15, 0.2) is 43.0 Å². The molecule has 0 spiro atoms. The Labute approximate surface area is 127 Å². The average molecular weight is 304 g/mol. The van der Waals surface area contributed by atoms with E-state index in [4.69, 9.17) is 11.6 Å². The summed E-state index contributed by atoms with van der Waals surface area (Å²) in [6.07, 6.45) is 4.10. The Morgan fingerprint density at radius 3 is 2.43 bits per heavy atom. The lowest BCUT2D eigenvalue weighted by atomic mass is 9.90. The monoisotopic (exact) mass is 303 g/mol. The Bertz CT molecular complexity index is 692. The fourth-order valence-corrected chi connectivity index (χ4v) is 2.63. The summed E-state index contributed by atoms with van der Waals surface area (Å²) in [5, 5.41) is 0.579. The number of hydrogen-bond acceptors (Lipinski definition) is 3. The number of carbonyl (C=O) groups excluding carboxylic acids is 2. The number of aromatic nitrogens is 2. The van der Waals surface area contributed by atoms with Gasteiger partial charge in [-0.05, 0) is 38.1 Å². The number of rotatable bonds is 2. The largest absolute Gasteiger partial charge is 0.309 e. The van der Waals surface area contributed by atoms with Crippen molar-refractivity contribution < 1.29 is 9.59 Å². The van der Waals surface area contributed by atoms with Gasteiger partial charge < -0.3 is 4.57 Å². The lowest BCUT2D eigenvalue weighted by molar-refractivity contribution is -0.133. The van der Waals surface area contributed by atoms with Crippen LogP contribution in [0.2, 0.25) is 5.02 Å². The molecule has 1 aromatic carbocycles. The van der Waals surface area contributed by atoms with Gasteiger partial charge >= 0.3 is 0 Å². The molecule has 0 aliphatic carbocycles. The Morgan fingerprint density at radius 1 is 1.19 bits per heavy atom. The maximum atomic E-state index is 12.7. The lowest BCUT2D eigenvalue weighted by Gasteiger charge is -2.24. The molecule has 21 heavy (non-hydrogen) atoms. The number of benzene rings is 1. The van der Waals surface area contributed by atoms with Crippen molar-refractivity contribution in [3.8, 4) is 0 Å². The zero-order valence-electron chi connectivity index (χ0n) is 11.7. The van der Waals surface area contributed by atoms with Crippen LogP contribution in [0, 0.1) is 5.41 Å². The normalized spacial score (nSPS) is 21.1. The van der Waals surface area contributed by atoms with Crippen molar-refractivity contribution in [2.24, 2.45) is 5.41 Å². The van der Waals surface area contributed by atoms with Crippen molar-refractivity contribution in [2.45, 2.75) is 20.0 Å². The van der Waals surface area contributed by atoms with E-state index in [0.29, 0.717) is 10.7 Å². The minimum atomic E-state index is -1.06. The minimum Gasteiger partial charge on any atom is -0.309 e. The first kappa shape index (κ1) is 13.8. The van der Waals surface area contributed by atoms with Crippen LogP contribution in [0.3, 0.4) is 0 Å². The second-order valence-electron chi connectivity index (χ2n) is 5.52. The lowest BCUT2D eigenvalue weighted by Crippen LogP contribution is -2.33. The molecule has 1 amide bonds. The van der Waals surface area contributed by atoms with E-state index in [9.17, 15) is 9.59 Å². The SMILES string of the molecule is CC1(C)C(=O)C(n2ccnc2)N(c2ccc(Cl)cc2)C1=O. The highest BCUT2D eigenvalue weighted by atomic mass is 35.5. The van der Waals surface area contributed by atoms with E-state index < -0.39 is 11.6 Å². The topological polar surface area (TPSA) is 55.2 Å². The number of halogens is 1. The molecule has 1 unspecified atom stereocenters. The molecule has 1 aliphatic rings. The molecule has 0 N–H and O–H groups in total. The van der Waals surface area contributed by atoms with Crippen molar-refractivity contribution in [3.63, 3.8) is 0 Å². The molecule has 108 valence electrons. The summed E-state index contributed by atoms with van der Waals surface area (Å²) in [6, 6.07) is 6.87. The van der Waals surface area contributed by atoms with Crippen LogP contribution >= 0.6 is 11.6 Å². The highest BCUT2D eigenvalue weighted by Gasteiger charge is 2.54. The van der Waals surface area contributed by atoms with Gasteiger partial charge in [0.2, 0.25) is 5.91 Å². The van der Waals surface area contributed by atoms with Crippen molar-refractivity contribution in [2.75, 3.05) is 4.90 Å². The number of anilines is 1. The summed E-state index contributed by atoms with van der Waals surface area (Å²) >= 11 is 5.89. The van der Waals surface area contributed by atoms with Gasteiger partial charge in [-0.2, -0.15) is 0 Å². The van der Waals surface area contributed by atoms with Crippen molar-refractivity contribution in [1.82, 2.24) is 9.55 Å². The standard InChI is InChI=1S/C15H14ClN3O2/c1-15(2)12(20)13(18-8-7-17-9-18)19(14(15)21)11-5-3-10(16)4-6-11/h3-9,13H,1-2H3. The molecule has 1 fully saturated rings. The molecule has 0 radical (unpaired) electrons. The van der Waals surface area contributed by atoms with Crippen LogP contribution in [0.5, 0.6) is 0 Å². The number of hydrogen-bond donors (Lipinski definition) is 0. The molecule has 1 aromatic heterocycles. The van der Waals surface area contributed by atoms with Crippen LogP contribution in [0.1, 0.15) is 20.0 Å². The fraction of sp³-hybridized carbons (Fsp3) is 0.267. The zero-order valence-corrected chi connectivity index (χ0v) is 12.4. The van der Waals surface area contributed by atoms with E-state index in [1.165, 1.54) is 4.90 Å². The molecular formula is C15H14ClN3O2. The third kappa shape index (κ3) is 2.05. The maximum Gasteiger partial charge on any atom is 0.242 e. The van der Waals surface area contributed by atoms with Gasteiger partial charge in [-0.1, -0.05) is 11.6 Å². The summed E-state index contributed by atoms with van der Waals surface area (Å²) in [6.45, 7) is 3.30. The van der Waals surface area contributed by atoms with Crippen LogP contribution in [-0.2, 0) is 9.59 Å². The number of ketones is 1. The second kappa shape index (κ2) is 4.70. The van der Waals surface area contributed by atoms with E-state index in [1.807, 2.05) is 0 Å². The number of amides is 1. The Morgan fingerprint density at radius 2 is 1.86 bits per heavy atom. The number of Topliss-reactive ketones (excluding diaryl/α,β-unsaturated/α-hetero) is 1. The molecule has 1 aliphatic heterocycles. The Hall–Kier alpha value is -2.14. The molecule has 1 saturated heterocycles. The van der Waals surface area contributed by atoms with Gasteiger partial charge in [0.25, 0.3) is 0 Å². The van der Waals surface area contributed by atoms with Gasteiger partial charge in [0.05, 0.1) is 6.33 Å². The van der Waals surface area contributed by atoms with Crippen LogP contribution in [0.4, 0.5) is 5.69 Å². The van der Waals surface area contributed by atoms with E-state index in [0.717, 1.165) is 0 Å². The molecule has 0 saturated carbocycles. The number of carbonyl (C=O) groups is 2. The first-order chi connectivity index (χ1) is 9.93. The molecular weight excluding hydrogens is 290 g/mol. The minimum absolute atomic E-state index is 0.152. The summed E-state index contributed by atoms with van der Waals surface area (Å²) in [5.74, 6) is -0.381. The van der Waals surface area contributed by atoms with E-state index in [1.54, 1.807) is 61.4 Å². The van der Waals surface area contributed by atoms with Gasteiger partial charge in [0.15, 0.2) is 11.9 Å². The molecule has 2 heterocycles. The van der Waals surface area contributed by atoms with Crippen LogP contribution < -0.4 is 4.90 Å². The fourth-order valence-electron chi connectivity index (χ4n) is 2.50. The second-order valence-corrected chi connectivity index (χ2v) is 5.96. The zero-order chi connectivity index (χ0) is 15.2. The molecule has 3 rings (SSSR count). The predicted molar refractivity (Wildman–Crippen MR) is 79.0 cm³/mol. The Balaban J connectivity index is 2.13. The van der Waals surface area contributed by atoms with Gasteiger partial charge in [0, 0.05) is 23.1 Å². The number of nitrogens with zero attached hydrogens (tertiary/aromatic N) is 3. The average Bonchev–Trinajstić information content (AvgIpc) is 3.03. The summed E-state index contributed by atoms with van der Waals surface area (Å²) in [7, 11) is 0. The third-order valence-corrected chi connectivity index (χ3v) is 4.01. The van der Waals surface area contributed by atoms with Crippen molar-refractivity contribution in [3.05, 3.63) is 48.0 Å². The van der Waals surface area contributed by atoms with E-state index >= 15 is 0 Å². The van der Waals surface area contributed by atoms with E-state index in [-0.39, 0.29) is 11.7 Å². The molecule has 6 heteroatoms. The van der Waals surface area contributed by atoms with E-state index in [2.05, 4.69) is 4.98 Å². The highest BCUT2D eigenvalue weighted by molar-refractivity contribution is 6.30. The first-order valence-electron chi connectivity index (χ1n) is 6.54. The maximum absolute atomic E-state index is 12.7. The summed E-state index contributed by atoms with van der Waals surface area (Å²) in [5.41, 5.74) is -0.420. The van der Waals surface area contributed by atoms with Gasteiger partial charge in [-0.3, -0.25) is 14.5 Å². The van der Waals surface area contributed by atoms with Crippen LogP contribution in [-0.4, -0.2) is 21.2 Å². The number of imidazole rings is 1. The quantitative estimate of drug-likeness (QED) is 0.802. The molecule has 5 nitrogen and oxygen atoms in total. The van der Waals surface area contributed by atoms with Gasteiger partial charge in [-0.25, -0.2) is 4.98 Å². The van der Waals surface area contributed by atoms with Gasteiger partial charge in [-0.15, -0.1) is 0 Å².